The maximum Gasteiger partial charge on any atom is 0.254 e. The van der Waals surface area contributed by atoms with E-state index in [1.807, 2.05) is 31.2 Å². The lowest BCUT2D eigenvalue weighted by molar-refractivity contribution is 0.0948. The van der Waals surface area contributed by atoms with E-state index < -0.39 is 17.5 Å². The van der Waals surface area contributed by atoms with Crippen molar-refractivity contribution in [3.8, 4) is 0 Å². The summed E-state index contributed by atoms with van der Waals surface area (Å²) in [5, 5.41) is 2.65. The lowest BCUT2D eigenvalue weighted by Gasteiger charge is -2.09. The number of hydrogen-bond donors (Lipinski definition) is 1. The van der Waals surface area contributed by atoms with Gasteiger partial charge < -0.3 is 9.88 Å². The second-order valence-corrected chi connectivity index (χ2v) is 5.53. The fourth-order valence-electron chi connectivity index (χ4n) is 2.69. The molecule has 3 rings (SSSR count). The minimum atomic E-state index is -0.857. The number of carbonyl (C=O) groups is 1. The Labute approximate surface area is 138 Å². The van der Waals surface area contributed by atoms with Crippen LogP contribution >= 0.6 is 0 Å². The van der Waals surface area contributed by atoms with E-state index in [0.717, 1.165) is 29.0 Å². The number of nitrogens with one attached hydrogen (secondary N) is 1. The number of halogens is 2. The predicted molar refractivity (Wildman–Crippen MR) is 87.8 cm³/mol. The van der Waals surface area contributed by atoms with Gasteiger partial charge in [-0.15, -0.1) is 0 Å². The normalized spacial score (nSPS) is 11.0. The molecule has 0 unspecified atom stereocenters. The van der Waals surface area contributed by atoms with Crippen LogP contribution in [-0.2, 0) is 6.54 Å². The van der Waals surface area contributed by atoms with Gasteiger partial charge in [0.15, 0.2) is 0 Å². The zero-order chi connectivity index (χ0) is 17.1. The van der Waals surface area contributed by atoms with Gasteiger partial charge in [0.05, 0.1) is 16.6 Å². The molecule has 24 heavy (non-hydrogen) atoms. The highest BCUT2D eigenvalue weighted by Crippen LogP contribution is 2.15. The van der Waals surface area contributed by atoms with Crippen LogP contribution in [0.15, 0.2) is 42.5 Å². The van der Waals surface area contributed by atoms with Gasteiger partial charge in [-0.2, -0.15) is 0 Å². The topological polar surface area (TPSA) is 46.9 Å². The standard InChI is InChI=1S/C18H17F2N3O/c1-12-22-16-5-2-3-6-17(16)23(12)10-4-9-21-18(24)14-8-7-13(19)11-15(14)20/h2-3,5-8,11H,4,9-10H2,1H3,(H,21,24). The van der Waals surface area contributed by atoms with Crippen LogP contribution in [0.5, 0.6) is 0 Å². The number of aromatic nitrogens is 2. The van der Waals surface area contributed by atoms with E-state index in [1.54, 1.807) is 0 Å². The predicted octanol–water partition coefficient (Wildman–Crippen LogP) is 3.44. The van der Waals surface area contributed by atoms with Crippen molar-refractivity contribution >= 4 is 16.9 Å². The quantitative estimate of drug-likeness (QED) is 0.729. The first-order chi connectivity index (χ1) is 11.6. The minimum absolute atomic E-state index is 0.152. The minimum Gasteiger partial charge on any atom is -0.352 e. The molecule has 0 fully saturated rings. The second kappa shape index (κ2) is 6.78. The fourth-order valence-corrected chi connectivity index (χ4v) is 2.69. The van der Waals surface area contributed by atoms with Gasteiger partial charge in [-0.25, -0.2) is 13.8 Å². The largest absolute Gasteiger partial charge is 0.352 e. The Bertz CT molecular complexity index is 889. The molecule has 4 nitrogen and oxygen atoms in total. The molecular weight excluding hydrogens is 312 g/mol. The highest BCUT2D eigenvalue weighted by molar-refractivity contribution is 5.94. The van der Waals surface area contributed by atoms with Gasteiger partial charge in [0.1, 0.15) is 17.5 Å². The molecule has 0 atom stereocenters. The van der Waals surface area contributed by atoms with Crippen molar-refractivity contribution in [1.82, 2.24) is 14.9 Å². The van der Waals surface area contributed by atoms with Crippen LogP contribution in [-0.4, -0.2) is 22.0 Å². The number of amides is 1. The third-order valence-corrected chi connectivity index (χ3v) is 3.87. The number of carbonyl (C=O) groups excluding carboxylic acids is 1. The van der Waals surface area contributed by atoms with Gasteiger partial charge in [0.25, 0.3) is 5.91 Å². The van der Waals surface area contributed by atoms with Gasteiger partial charge in [0.2, 0.25) is 0 Å². The van der Waals surface area contributed by atoms with E-state index in [2.05, 4.69) is 14.9 Å². The molecule has 2 aromatic carbocycles. The molecule has 1 aromatic heterocycles. The number of nitrogens with zero attached hydrogens (tertiary/aromatic N) is 2. The van der Waals surface area contributed by atoms with Gasteiger partial charge in [-0.05, 0) is 37.6 Å². The summed E-state index contributed by atoms with van der Waals surface area (Å²) < 4.78 is 28.5. The number of hydrogen-bond acceptors (Lipinski definition) is 2. The number of fused-ring (bicyclic) bond motifs is 1. The molecule has 1 heterocycles. The summed E-state index contributed by atoms with van der Waals surface area (Å²) in [5.74, 6) is -1.19. The summed E-state index contributed by atoms with van der Waals surface area (Å²) in [4.78, 5) is 16.4. The van der Waals surface area contributed by atoms with Crippen LogP contribution in [0, 0.1) is 18.6 Å². The maximum absolute atomic E-state index is 13.5. The van der Waals surface area contributed by atoms with Crippen LogP contribution in [0.2, 0.25) is 0 Å². The monoisotopic (exact) mass is 329 g/mol. The first-order valence-electron chi connectivity index (χ1n) is 7.71. The van der Waals surface area contributed by atoms with Crippen molar-refractivity contribution in [2.45, 2.75) is 19.9 Å². The van der Waals surface area contributed by atoms with Crippen LogP contribution in [0.4, 0.5) is 8.78 Å². The molecule has 0 aliphatic carbocycles. The lowest BCUT2D eigenvalue weighted by atomic mass is 10.2. The van der Waals surface area contributed by atoms with Crippen molar-refractivity contribution in [1.29, 1.82) is 0 Å². The third kappa shape index (κ3) is 3.27. The van der Waals surface area contributed by atoms with E-state index in [9.17, 15) is 13.6 Å². The lowest BCUT2D eigenvalue weighted by Crippen LogP contribution is -2.26. The summed E-state index contributed by atoms with van der Waals surface area (Å²) >= 11 is 0. The average Bonchev–Trinajstić information content (AvgIpc) is 2.87. The number of rotatable bonds is 5. The maximum atomic E-state index is 13.5. The highest BCUT2D eigenvalue weighted by Gasteiger charge is 2.12. The first kappa shape index (κ1) is 16.1. The van der Waals surface area contributed by atoms with Crippen molar-refractivity contribution < 1.29 is 13.6 Å². The number of para-hydroxylation sites is 2. The van der Waals surface area contributed by atoms with E-state index in [4.69, 9.17) is 0 Å². The molecule has 6 heteroatoms. The zero-order valence-electron chi connectivity index (χ0n) is 13.2. The molecule has 0 radical (unpaired) electrons. The Balaban J connectivity index is 1.58. The molecular formula is C18H17F2N3O. The summed E-state index contributed by atoms with van der Waals surface area (Å²) in [6, 6.07) is 10.8. The molecule has 124 valence electrons. The smallest absolute Gasteiger partial charge is 0.254 e. The van der Waals surface area contributed by atoms with Crippen LogP contribution in [0.1, 0.15) is 22.6 Å². The first-order valence-corrected chi connectivity index (χ1v) is 7.71. The molecule has 0 bridgehead atoms. The van der Waals surface area contributed by atoms with Crippen molar-refractivity contribution in [2.24, 2.45) is 0 Å². The highest BCUT2D eigenvalue weighted by atomic mass is 19.1. The summed E-state index contributed by atoms with van der Waals surface area (Å²) in [5.41, 5.74) is 1.83. The molecule has 3 aromatic rings. The van der Waals surface area contributed by atoms with E-state index >= 15 is 0 Å². The summed E-state index contributed by atoms with van der Waals surface area (Å²) in [6.07, 6.45) is 0.676. The molecule has 1 N–H and O–H groups in total. The second-order valence-electron chi connectivity index (χ2n) is 5.53. The Morgan fingerprint density at radius 1 is 1.21 bits per heavy atom. The zero-order valence-corrected chi connectivity index (χ0v) is 13.2. The number of benzene rings is 2. The van der Waals surface area contributed by atoms with E-state index in [-0.39, 0.29) is 5.56 Å². The average molecular weight is 329 g/mol. The SMILES string of the molecule is Cc1nc2ccccc2n1CCCNC(=O)c1ccc(F)cc1F. The van der Waals surface area contributed by atoms with Crippen molar-refractivity contribution in [2.75, 3.05) is 6.54 Å². The number of aryl methyl sites for hydroxylation is 2. The van der Waals surface area contributed by atoms with Crippen LogP contribution in [0.3, 0.4) is 0 Å². The molecule has 0 saturated heterocycles. The van der Waals surface area contributed by atoms with Gasteiger partial charge in [-0.1, -0.05) is 12.1 Å². The molecule has 0 aliphatic rings. The summed E-state index contributed by atoms with van der Waals surface area (Å²) in [7, 11) is 0. The van der Waals surface area contributed by atoms with Crippen molar-refractivity contribution in [3.05, 3.63) is 65.5 Å². The molecule has 1 amide bonds. The molecule has 0 saturated carbocycles. The Morgan fingerprint density at radius 3 is 2.79 bits per heavy atom. The van der Waals surface area contributed by atoms with Gasteiger partial charge in [-0.3, -0.25) is 4.79 Å². The molecule has 0 aliphatic heterocycles. The van der Waals surface area contributed by atoms with Gasteiger partial charge >= 0.3 is 0 Å². The molecule has 0 spiro atoms. The summed E-state index contributed by atoms with van der Waals surface area (Å²) in [6.45, 7) is 3.02. The van der Waals surface area contributed by atoms with E-state index in [0.29, 0.717) is 25.6 Å². The van der Waals surface area contributed by atoms with Crippen LogP contribution < -0.4 is 5.32 Å². The van der Waals surface area contributed by atoms with Gasteiger partial charge in [0, 0.05) is 19.2 Å². The Morgan fingerprint density at radius 2 is 2.00 bits per heavy atom. The van der Waals surface area contributed by atoms with Crippen molar-refractivity contribution in [3.63, 3.8) is 0 Å². The van der Waals surface area contributed by atoms with E-state index in [1.165, 1.54) is 0 Å². The number of imidazole rings is 1. The van der Waals surface area contributed by atoms with Crippen LogP contribution in [0.25, 0.3) is 11.0 Å². The Hall–Kier alpha value is -2.76. The fraction of sp³-hybridized carbons (Fsp3) is 0.222. The third-order valence-electron chi connectivity index (χ3n) is 3.87. The Kier molecular flexibility index (Phi) is 4.55.